The maximum atomic E-state index is 12.8. The van der Waals surface area contributed by atoms with Gasteiger partial charge in [0.05, 0.1) is 6.54 Å². The normalized spacial score (nSPS) is 14.4. The number of carbonyl (C=O) groups excluding carboxylic acids is 1. The molecule has 3 rings (SSSR count). The highest BCUT2D eigenvalue weighted by molar-refractivity contribution is 7.99. The predicted molar refractivity (Wildman–Crippen MR) is 141 cm³/mol. The maximum Gasteiger partial charge on any atom is 0.410 e. The van der Waals surface area contributed by atoms with Crippen LogP contribution in [0.1, 0.15) is 44.6 Å². The van der Waals surface area contributed by atoms with Crippen molar-refractivity contribution in [3.8, 4) is 5.75 Å². The van der Waals surface area contributed by atoms with Crippen LogP contribution in [0.15, 0.2) is 59.5 Å². The van der Waals surface area contributed by atoms with E-state index in [0.29, 0.717) is 38.5 Å². The van der Waals surface area contributed by atoms with Crippen LogP contribution in [0.3, 0.4) is 0 Å². The SMILES string of the molecule is CCOC(Cc1ccc(OCCN(CCCSc2ccccc2)C(=O)OC2CCCC2)cc1)C(=O)O. The van der Waals surface area contributed by atoms with Gasteiger partial charge in [0, 0.05) is 24.5 Å². The van der Waals surface area contributed by atoms with E-state index in [1.54, 1.807) is 23.6 Å². The molecular formula is C28H37NO6S. The second kappa shape index (κ2) is 15.4. The summed E-state index contributed by atoms with van der Waals surface area (Å²) in [5.74, 6) is 0.619. The van der Waals surface area contributed by atoms with E-state index >= 15 is 0 Å². The van der Waals surface area contributed by atoms with Gasteiger partial charge in [-0.15, -0.1) is 11.8 Å². The third kappa shape index (κ3) is 9.74. The standard InChI is InChI=1S/C28H37NO6S/c1-2-33-26(27(30)31)21-22-13-15-23(16-14-22)34-19-18-29(28(32)35-24-9-6-7-10-24)17-8-20-36-25-11-4-3-5-12-25/h3-5,11-16,24,26H,2,6-10,17-21H2,1H3,(H,30,31). The van der Waals surface area contributed by atoms with Crippen LogP contribution in [-0.2, 0) is 20.7 Å². The first kappa shape index (κ1) is 27.9. The van der Waals surface area contributed by atoms with E-state index in [-0.39, 0.29) is 12.2 Å². The molecule has 2 aromatic rings. The second-order valence-corrected chi connectivity index (χ2v) is 9.94. The second-order valence-electron chi connectivity index (χ2n) is 8.77. The summed E-state index contributed by atoms with van der Waals surface area (Å²) in [6, 6.07) is 17.6. The van der Waals surface area contributed by atoms with Gasteiger partial charge >= 0.3 is 12.1 Å². The molecule has 1 N–H and O–H groups in total. The topological polar surface area (TPSA) is 85.3 Å². The molecule has 36 heavy (non-hydrogen) atoms. The first-order chi connectivity index (χ1) is 17.5. The molecule has 2 aromatic carbocycles. The van der Waals surface area contributed by atoms with Crippen molar-refractivity contribution >= 4 is 23.8 Å². The largest absolute Gasteiger partial charge is 0.492 e. The fraction of sp³-hybridized carbons (Fsp3) is 0.500. The average molecular weight is 516 g/mol. The molecule has 1 aliphatic rings. The smallest absolute Gasteiger partial charge is 0.410 e. The molecular weight excluding hydrogens is 478 g/mol. The summed E-state index contributed by atoms with van der Waals surface area (Å²) in [4.78, 5) is 27.1. The van der Waals surface area contributed by atoms with Crippen molar-refractivity contribution in [1.82, 2.24) is 4.90 Å². The number of carboxylic acid groups (broad SMARTS) is 1. The molecule has 8 heteroatoms. The Balaban J connectivity index is 1.47. The van der Waals surface area contributed by atoms with Crippen LogP contribution < -0.4 is 4.74 Å². The van der Waals surface area contributed by atoms with Crippen LogP contribution in [0.25, 0.3) is 0 Å². The average Bonchev–Trinajstić information content (AvgIpc) is 3.39. The quantitative estimate of drug-likeness (QED) is 0.242. The first-order valence-corrected chi connectivity index (χ1v) is 13.7. The van der Waals surface area contributed by atoms with E-state index in [4.69, 9.17) is 14.2 Å². The Hall–Kier alpha value is -2.71. The Morgan fingerprint density at radius 1 is 1.06 bits per heavy atom. The molecule has 196 valence electrons. The molecule has 0 saturated heterocycles. The first-order valence-electron chi connectivity index (χ1n) is 12.7. The van der Waals surface area contributed by atoms with Gasteiger partial charge in [-0.2, -0.15) is 0 Å². The molecule has 0 aliphatic heterocycles. The van der Waals surface area contributed by atoms with Gasteiger partial charge in [-0.3, -0.25) is 0 Å². The molecule has 0 bridgehead atoms. The van der Waals surface area contributed by atoms with E-state index in [1.807, 2.05) is 42.5 Å². The van der Waals surface area contributed by atoms with Crippen LogP contribution in [0.2, 0.25) is 0 Å². The summed E-state index contributed by atoms with van der Waals surface area (Å²) >= 11 is 1.78. The minimum atomic E-state index is -0.969. The van der Waals surface area contributed by atoms with Crippen molar-refractivity contribution in [2.45, 2.75) is 62.6 Å². The number of thioether (sulfide) groups is 1. The number of ether oxygens (including phenoxy) is 3. The molecule has 1 fully saturated rings. The van der Waals surface area contributed by atoms with E-state index in [1.165, 1.54) is 4.90 Å². The van der Waals surface area contributed by atoms with E-state index in [2.05, 4.69) is 12.1 Å². The highest BCUT2D eigenvalue weighted by Crippen LogP contribution is 2.22. The van der Waals surface area contributed by atoms with Crippen molar-refractivity contribution in [3.63, 3.8) is 0 Å². The third-order valence-electron chi connectivity index (χ3n) is 6.03. The zero-order valence-electron chi connectivity index (χ0n) is 21.0. The van der Waals surface area contributed by atoms with E-state index in [0.717, 1.165) is 43.4 Å². The number of benzene rings is 2. The van der Waals surface area contributed by atoms with Gasteiger partial charge in [-0.05, 0) is 74.6 Å². The molecule has 7 nitrogen and oxygen atoms in total. The number of nitrogens with zero attached hydrogens (tertiary/aromatic N) is 1. The molecule has 1 saturated carbocycles. The van der Waals surface area contributed by atoms with Crippen LogP contribution in [-0.4, -0.2) is 66.3 Å². The monoisotopic (exact) mass is 515 g/mol. The number of carbonyl (C=O) groups is 2. The fourth-order valence-corrected chi connectivity index (χ4v) is 4.97. The molecule has 1 aliphatic carbocycles. The van der Waals surface area contributed by atoms with Crippen molar-refractivity contribution in [2.24, 2.45) is 0 Å². The van der Waals surface area contributed by atoms with Crippen molar-refractivity contribution < 1.29 is 28.9 Å². The molecule has 0 heterocycles. The highest BCUT2D eigenvalue weighted by Gasteiger charge is 2.23. The van der Waals surface area contributed by atoms with Gasteiger partial charge in [-0.1, -0.05) is 30.3 Å². The highest BCUT2D eigenvalue weighted by atomic mass is 32.2. The fourth-order valence-electron chi connectivity index (χ4n) is 4.11. The van der Waals surface area contributed by atoms with Gasteiger partial charge in [-0.25, -0.2) is 9.59 Å². The summed E-state index contributed by atoms with van der Waals surface area (Å²) in [6.45, 7) is 3.53. The van der Waals surface area contributed by atoms with Gasteiger partial charge in [0.1, 0.15) is 18.5 Å². The zero-order chi connectivity index (χ0) is 25.6. The number of aliphatic carboxylic acids is 1. The summed E-state index contributed by atoms with van der Waals surface area (Å²) in [6.07, 6.45) is 4.17. The van der Waals surface area contributed by atoms with Gasteiger partial charge < -0.3 is 24.2 Å². The Labute approximate surface area is 218 Å². The molecule has 0 radical (unpaired) electrons. The number of rotatable bonds is 15. The Kier molecular flexibility index (Phi) is 11.9. The van der Waals surface area contributed by atoms with Gasteiger partial charge in [0.25, 0.3) is 0 Å². The number of hydrogen-bond donors (Lipinski definition) is 1. The summed E-state index contributed by atoms with van der Waals surface area (Å²) < 4.78 is 16.9. The molecule has 1 unspecified atom stereocenters. The maximum absolute atomic E-state index is 12.8. The molecule has 0 spiro atoms. The van der Waals surface area contributed by atoms with Crippen molar-refractivity contribution in [1.29, 1.82) is 0 Å². The van der Waals surface area contributed by atoms with Crippen LogP contribution >= 0.6 is 11.8 Å². The van der Waals surface area contributed by atoms with Gasteiger partial charge in [0.15, 0.2) is 6.10 Å². The van der Waals surface area contributed by atoms with E-state index < -0.39 is 12.1 Å². The lowest BCUT2D eigenvalue weighted by Gasteiger charge is -2.24. The summed E-state index contributed by atoms with van der Waals surface area (Å²) in [5.41, 5.74) is 0.862. The summed E-state index contributed by atoms with van der Waals surface area (Å²) in [7, 11) is 0. The minimum absolute atomic E-state index is 0.0264. The van der Waals surface area contributed by atoms with Crippen LogP contribution in [0.5, 0.6) is 5.75 Å². The molecule has 0 aromatic heterocycles. The lowest BCUT2D eigenvalue weighted by molar-refractivity contribution is -0.149. The van der Waals surface area contributed by atoms with Crippen molar-refractivity contribution in [3.05, 3.63) is 60.2 Å². The van der Waals surface area contributed by atoms with E-state index in [9.17, 15) is 14.7 Å². The number of amides is 1. The van der Waals surface area contributed by atoms with Crippen LogP contribution in [0.4, 0.5) is 4.79 Å². The predicted octanol–water partition coefficient (Wildman–Crippen LogP) is 5.66. The third-order valence-corrected chi connectivity index (χ3v) is 7.13. The Morgan fingerprint density at radius 3 is 2.44 bits per heavy atom. The molecule has 1 amide bonds. The number of hydrogen-bond acceptors (Lipinski definition) is 6. The summed E-state index contributed by atoms with van der Waals surface area (Å²) in [5, 5.41) is 9.26. The number of carboxylic acids is 1. The van der Waals surface area contributed by atoms with Crippen LogP contribution in [0, 0.1) is 0 Å². The lowest BCUT2D eigenvalue weighted by Crippen LogP contribution is -2.37. The Morgan fingerprint density at radius 2 is 1.78 bits per heavy atom. The van der Waals surface area contributed by atoms with Crippen molar-refractivity contribution in [2.75, 3.05) is 32.1 Å². The minimum Gasteiger partial charge on any atom is -0.492 e. The molecule has 1 atom stereocenters. The lowest BCUT2D eigenvalue weighted by atomic mass is 10.1. The Bertz CT molecular complexity index is 917. The zero-order valence-corrected chi connectivity index (χ0v) is 21.8. The van der Waals surface area contributed by atoms with Gasteiger partial charge in [0.2, 0.25) is 0 Å².